The maximum absolute atomic E-state index is 14.0. The molecule has 1 N–H and O–H groups in total. The number of benzene rings is 1. The molecule has 138 valence electrons. The number of carbonyl (C=O) groups excluding carboxylic acids is 1. The summed E-state index contributed by atoms with van der Waals surface area (Å²) in [6, 6.07) is 10.3. The van der Waals surface area contributed by atoms with Crippen LogP contribution in [0.4, 0.5) is 26.4 Å². The first-order valence-electron chi connectivity index (χ1n) is 8.66. The van der Waals surface area contributed by atoms with Crippen LogP contribution >= 0.6 is 0 Å². The number of halogens is 1. The highest BCUT2D eigenvalue weighted by Gasteiger charge is 2.28. The molecule has 3 rings (SSSR count). The average Bonchev–Trinajstić information content (AvgIpc) is 2.63. The van der Waals surface area contributed by atoms with Gasteiger partial charge in [0, 0.05) is 39.8 Å². The Balaban J connectivity index is 1.61. The molecule has 7 heteroatoms. The van der Waals surface area contributed by atoms with Crippen LogP contribution in [0.15, 0.2) is 42.6 Å². The normalized spacial score (nSPS) is 17.2. The minimum Gasteiger partial charge on any atom is -0.363 e. The van der Waals surface area contributed by atoms with Crippen LogP contribution in [-0.4, -0.2) is 55.7 Å². The Bertz CT molecular complexity index is 765. The zero-order chi connectivity index (χ0) is 18.7. The third kappa shape index (κ3) is 3.87. The van der Waals surface area contributed by atoms with Crippen molar-refractivity contribution in [3.05, 3.63) is 48.4 Å². The van der Waals surface area contributed by atoms with E-state index in [-0.39, 0.29) is 17.9 Å². The number of amides is 2. The van der Waals surface area contributed by atoms with Gasteiger partial charge in [0.1, 0.15) is 11.6 Å². The highest BCUT2D eigenvalue weighted by Crippen LogP contribution is 2.24. The third-order valence-corrected chi connectivity index (χ3v) is 4.53. The number of pyridine rings is 1. The average molecular weight is 357 g/mol. The van der Waals surface area contributed by atoms with Crippen molar-refractivity contribution < 1.29 is 9.18 Å². The zero-order valence-electron chi connectivity index (χ0n) is 15.3. The van der Waals surface area contributed by atoms with E-state index in [1.165, 1.54) is 6.07 Å². The number of urea groups is 1. The van der Waals surface area contributed by atoms with E-state index in [0.717, 1.165) is 5.82 Å². The van der Waals surface area contributed by atoms with Crippen LogP contribution in [0, 0.1) is 5.82 Å². The third-order valence-electron chi connectivity index (χ3n) is 4.53. The van der Waals surface area contributed by atoms with Crippen LogP contribution in [0.1, 0.15) is 6.92 Å². The van der Waals surface area contributed by atoms with Gasteiger partial charge < -0.3 is 20.0 Å². The van der Waals surface area contributed by atoms with Gasteiger partial charge in [-0.1, -0.05) is 12.1 Å². The molecule has 0 radical (unpaired) electrons. The van der Waals surface area contributed by atoms with Gasteiger partial charge in [0.2, 0.25) is 0 Å². The molecule has 1 aliphatic heterocycles. The molecule has 0 saturated carbocycles. The van der Waals surface area contributed by atoms with Crippen molar-refractivity contribution in [2.75, 3.05) is 48.8 Å². The van der Waals surface area contributed by atoms with Gasteiger partial charge in [0.05, 0.1) is 17.6 Å². The maximum Gasteiger partial charge on any atom is 0.322 e. The predicted molar refractivity (Wildman–Crippen MR) is 102 cm³/mol. The summed E-state index contributed by atoms with van der Waals surface area (Å²) < 4.78 is 14.0. The first-order chi connectivity index (χ1) is 12.5. The molecule has 1 aromatic heterocycles. The molecule has 0 aliphatic carbocycles. The molecule has 2 heterocycles. The van der Waals surface area contributed by atoms with E-state index in [1.54, 1.807) is 23.2 Å². The van der Waals surface area contributed by atoms with Gasteiger partial charge in [-0.15, -0.1) is 0 Å². The number of nitrogens with zero attached hydrogens (tertiary/aromatic N) is 4. The maximum atomic E-state index is 14.0. The molecule has 2 aromatic rings. The fraction of sp³-hybridized carbons (Fsp3) is 0.368. The van der Waals surface area contributed by atoms with Crippen molar-refractivity contribution in [2.24, 2.45) is 0 Å². The highest BCUT2D eigenvalue weighted by atomic mass is 19.1. The number of nitrogens with one attached hydrogen (secondary N) is 1. The fourth-order valence-electron chi connectivity index (χ4n) is 3.11. The summed E-state index contributed by atoms with van der Waals surface area (Å²) in [7, 11) is 3.83. The van der Waals surface area contributed by atoms with Crippen molar-refractivity contribution in [2.45, 2.75) is 13.0 Å². The lowest BCUT2D eigenvalue weighted by atomic mass is 10.1. The van der Waals surface area contributed by atoms with E-state index < -0.39 is 0 Å². The lowest BCUT2D eigenvalue weighted by molar-refractivity contribution is 0.200. The van der Waals surface area contributed by atoms with Crippen LogP contribution < -0.4 is 15.1 Å². The highest BCUT2D eigenvalue weighted by molar-refractivity contribution is 5.89. The van der Waals surface area contributed by atoms with Crippen molar-refractivity contribution in [1.82, 2.24) is 9.88 Å². The monoisotopic (exact) mass is 357 g/mol. The number of piperazine rings is 1. The van der Waals surface area contributed by atoms with Crippen molar-refractivity contribution in [1.29, 1.82) is 0 Å². The smallest absolute Gasteiger partial charge is 0.322 e. The van der Waals surface area contributed by atoms with Gasteiger partial charge in [-0.05, 0) is 31.2 Å². The predicted octanol–water partition coefficient (Wildman–Crippen LogP) is 3.03. The number of hydrogen-bond acceptors (Lipinski definition) is 4. The lowest BCUT2D eigenvalue weighted by Gasteiger charge is -2.41. The van der Waals surface area contributed by atoms with Gasteiger partial charge in [0.15, 0.2) is 0 Å². The van der Waals surface area contributed by atoms with Crippen molar-refractivity contribution in [3.8, 4) is 0 Å². The molecule has 1 fully saturated rings. The number of aromatic nitrogens is 1. The number of rotatable bonds is 3. The summed E-state index contributed by atoms with van der Waals surface area (Å²) in [5, 5.41) is 2.88. The van der Waals surface area contributed by atoms with E-state index in [0.29, 0.717) is 31.0 Å². The van der Waals surface area contributed by atoms with E-state index in [1.807, 2.05) is 49.0 Å². The molecule has 1 aliphatic rings. The zero-order valence-corrected chi connectivity index (χ0v) is 15.3. The first kappa shape index (κ1) is 18.0. The summed E-state index contributed by atoms with van der Waals surface area (Å²) in [6.45, 7) is 3.66. The summed E-state index contributed by atoms with van der Waals surface area (Å²) in [4.78, 5) is 22.5. The Hall–Kier alpha value is -2.83. The molecule has 6 nitrogen and oxygen atoms in total. The Labute approximate surface area is 153 Å². The number of anilines is 3. The van der Waals surface area contributed by atoms with Crippen LogP contribution in [-0.2, 0) is 0 Å². The van der Waals surface area contributed by atoms with E-state index >= 15 is 0 Å². The molecule has 1 aromatic carbocycles. The van der Waals surface area contributed by atoms with Crippen molar-refractivity contribution >= 4 is 23.2 Å². The molecule has 26 heavy (non-hydrogen) atoms. The largest absolute Gasteiger partial charge is 0.363 e. The van der Waals surface area contributed by atoms with Crippen LogP contribution in [0.25, 0.3) is 0 Å². The number of carbonyl (C=O) groups is 1. The summed E-state index contributed by atoms with van der Waals surface area (Å²) >= 11 is 0. The van der Waals surface area contributed by atoms with Gasteiger partial charge in [-0.25, -0.2) is 14.2 Å². The second-order valence-electron chi connectivity index (χ2n) is 6.67. The quantitative estimate of drug-likeness (QED) is 0.917. The number of hydrogen-bond donors (Lipinski definition) is 1. The second kappa shape index (κ2) is 7.59. The van der Waals surface area contributed by atoms with Gasteiger partial charge in [0.25, 0.3) is 0 Å². The van der Waals surface area contributed by atoms with Crippen LogP contribution in [0.3, 0.4) is 0 Å². The minimum atomic E-state index is -0.232. The van der Waals surface area contributed by atoms with Crippen LogP contribution in [0.2, 0.25) is 0 Å². The Morgan fingerprint density at radius 2 is 2.00 bits per heavy atom. The Kier molecular flexibility index (Phi) is 5.25. The number of para-hydroxylation sites is 1. The second-order valence-corrected chi connectivity index (χ2v) is 6.67. The molecular formula is C19H24FN5O. The van der Waals surface area contributed by atoms with E-state index in [9.17, 15) is 9.18 Å². The van der Waals surface area contributed by atoms with Gasteiger partial charge in [-0.3, -0.25) is 0 Å². The minimum absolute atomic E-state index is 0.0284. The van der Waals surface area contributed by atoms with E-state index in [4.69, 9.17) is 0 Å². The Morgan fingerprint density at radius 3 is 2.62 bits per heavy atom. The van der Waals surface area contributed by atoms with Gasteiger partial charge >= 0.3 is 6.03 Å². The summed E-state index contributed by atoms with van der Waals surface area (Å²) in [5.74, 6) is 0.597. The van der Waals surface area contributed by atoms with Crippen LogP contribution in [0.5, 0.6) is 0 Å². The standard InChI is InChI=1S/C19H24FN5O/c1-14-13-24(10-11-25(14)17-7-5-4-6-16(17)20)19(26)22-15-8-9-18(21-12-15)23(2)3/h4-9,12,14H,10-11,13H2,1-3H3,(H,22,26). The van der Waals surface area contributed by atoms with Gasteiger partial charge in [-0.2, -0.15) is 0 Å². The topological polar surface area (TPSA) is 51.7 Å². The van der Waals surface area contributed by atoms with E-state index in [2.05, 4.69) is 10.3 Å². The lowest BCUT2D eigenvalue weighted by Crippen LogP contribution is -2.55. The molecule has 2 amide bonds. The Morgan fingerprint density at radius 1 is 1.23 bits per heavy atom. The molecule has 0 bridgehead atoms. The van der Waals surface area contributed by atoms with Crippen molar-refractivity contribution in [3.63, 3.8) is 0 Å². The SMILES string of the molecule is CC1CN(C(=O)Nc2ccc(N(C)C)nc2)CCN1c1ccccc1F. The molecule has 1 atom stereocenters. The fourth-order valence-corrected chi connectivity index (χ4v) is 3.11. The summed E-state index contributed by atoms with van der Waals surface area (Å²) in [6.07, 6.45) is 1.65. The molecule has 1 saturated heterocycles. The molecule has 1 unspecified atom stereocenters. The summed E-state index contributed by atoms with van der Waals surface area (Å²) in [5.41, 5.74) is 1.24. The first-order valence-corrected chi connectivity index (χ1v) is 8.66. The molecule has 0 spiro atoms. The molecular weight excluding hydrogens is 333 g/mol.